The Bertz CT molecular complexity index is 1050. The van der Waals surface area contributed by atoms with E-state index in [0.717, 1.165) is 5.56 Å². The van der Waals surface area contributed by atoms with Gasteiger partial charge in [0.1, 0.15) is 0 Å². The second-order valence-electron chi connectivity index (χ2n) is 5.22. The number of aromatic amines is 1. The first kappa shape index (κ1) is 16.9. The van der Waals surface area contributed by atoms with Crippen molar-refractivity contribution >= 4 is 34.9 Å². The van der Waals surface area contributed by atoms with Gasteiger partial charge in [-0.25, -0.2) is 10.2 Å². The second kappa shape index (κ2) is 6.91. The molecule has 0 bridgehead atoms. The Morgan fingerprint density at radius 2 is 2.08 bits per heavy atom. The number of nitrogens with one attached hydrogen (secondary N) is 2. The number of anilines is 1. The van der Waals surface area contributed by atoms with E-state index in [4.69, 9.17) is 11.6 Å². The third kappa shape index (κ3) is 3.32. The maximum absolute atomic E-state index is 12.1. The smallest absolute Gasteiger partial charge is 0.329 e. The van der Waals surface area contributed by atoms with Crippen LogP contribution in [0.2, 0.25) is 5.02 Å². The zero-order valence-corrected chi connectivity index (χ0v) is 14.0. The topological polar surface area (TPSA) is 117 Å². The number of aliphatic hydroxyl groups is 1. The number of aliphatic hydroxyl groups excluding tert-OH is 1. The van der Waals surface area contributed by atoms with Gasteiger partial charge in [0, 0.05) is 18.6 Å². The quantitative estimate of drug-likeness (QED) is 0.451. The summed E-state index contributed by atoms with van der Waals surface area (Å²) in [6.45, 7) is -0.0834. The number of imidazole rings is 1. The molecule has 2 aromatic heterocycles. The molecule has 1 aromatic carbocycles. The van der Waals surface area contributed by atoms with Crippen molar-refractivity contribution in [2.24, 2.45) is 12.1 Å². The summed E-state index contributed by atoms with van der Waals surface area (Å²) < 4.78 is 2.69. The largest absolute Gasteiger partial charge is 0.395 e. The Morgan fingerprint density at radius 3 is 2.76 bits per heavy atom. The normalized spacial score (nSPS) is 11.5. The molecule has 0 radical (unpaired) electrons. The van der Waals surface area contributed by atoms with Crippen molar-refractivity contribution in [3.63, 3.8) is 0 Å². The number of aromatic nitrogens is 4. The van der Waals surface area contributed by atoms with Crippen LogP contribution in [0.3, 0.4) is 0 Å². The van der Waals surface area contributed by atoms with Gasteiger partial charge in [-0.3, -0.25) is 14.3 Å². The van der Waals surface area contributed by atoms with Gasteiger partial charge >= 0.3 is 5.69 Å². The first-order chi connectivity index (χ1) is 12.0. The molecular formula is C15H15ClN6O3. The molecular weight excluding hydrogens is 348 g/mol. The lowest BCUT2D eigenvalue weighted by Gasteiger charge is -2.05. The molecule has 3 rings (SSSR count). The number of nitrogens with zero attached hydrogens (tertiary/aromatic N) is 4. The van der Waals surface area contributed by atoms with E-state index >= 15 is 0 Å². The Kier molecular flexibility index (Phi) is 4.68. The molecule has 3 aromatic rings. The number of halogens is 1. The lowest BCUT2D eigenvalue weighted by Crippen LogP contribution is -2.29. The number of hydrogen-bond acceptors (Lipinski definition) is 6. The summed E-state index contributed by atoms with van der Waals surface area (Å²) in [5, 5.41) is 14.0. The van der Waals surface area contributed by atoms with E-state index < -0.39 is 11.2 Å². The third-order valence-corrected chi connectivity index (χ3v) is 3.83. The van der Waals surface area contributed by atoms with E-state index in [-0.39, 0.29) is 30.3 Å². The number of aryl methyl sites for hydroxylation is 1. The number of fused-ring (bicyclic) bond motifs is 1. The predicted molar refractivity (Wildman–Crippen MR) is 95.3 cm³/mol. The van der Waals surface area contributed by atoms with Crippen LogP contribution in [-0.2, 0) is 13.6 Å². The second-order valence-corrected chi connectivity index (χ2v) is 5.66. The van der Waals surface area contributed by atoms with Gasteiger partial charge in [0.2, 0.25) is 5.95 Å². The van der Waals surface area contributed by atoms with Crippen LogP contribution in [0.1, 0.15) is 5.56 Å². The maximum atomic E-state index is 12.1. The highest BCUT2D eigenvalue weighted by molar-refractivity contribution is 6.30. The molecule has 0 aliphatic heterocycles. The van der Waals surface area contributed by atoms with Crippen LogP contribution >= 0.6 is 11.6 Å². The minimum Gasteiger partial charge on any atom is -0.395 e. The van der Waals surface area contributed by atoms with Crippen LogP contribution in [0.4, 0.5) is 5.95 Å². The van der Waals surface area contributed by atoms with Crippen LogP contribution < -0.4 is 16.7 Å². The van der Waals surface area contributed by atoms with E-state index in [2.05, 4.69) is 20.5 Å². The summed E-state index contributed by atoms with van der Waals surface area (Å²) in [6, 6.07) is 7.05. The average Bonchev–Trinajstić information content (AvgIpc) is 2.94. The van der Waals surface area contributed by atoms with Crippen LogP contribution in [0.5, 0.6) is 0 Å². The fourth-order valence-electron chi connectivity index (χ4n) is 2.35. The number of rotatable bonds is 5. The molecule has 0 saturated carbocycles. The fourth-order valence-corrected chi connectivity index (χ4v) is 2.48. The summed E-state index contributed by atoms with van der Waals surface area (Å²) in [7, 11) is 1.50. The van der Waals surface area contributed by atoms with Crippen LogP contribution in [0.25, 0.3) is 11.2 Å². The van der Waals surface area contributed by atoms with E-state index in [9.17, 15) is 14.7 Å². The van der Waals surface area contributed by atoms with E-state index in [1.807, 2.05) is 0 Å². The zero-order chi connectivity index (χ0) is 18.0. The minimum absolute atomic E-state index is 0.122. The van der Waals surface area contributed by atoms with Crippen molar-refractivity contribution < 1.29 is 5.11 Å². The highest BCUT2D eigenvalue weighted by atomic mass is 35.5. The highest BCUT2D eigenvalue weighted by Gasteiger charge is 2.16. The molecule has 0 saturated heterocycles. The molecule has 0 fully saturated rings. The van der Waals surface area contributed by atoms with Gasteiger partial charge in [0.25, 0.3) is 5.56 Å². The van der Waals surface area contributed by atoms with Crippen molar-refractivity contribution in [2.75, 3.05) is 12.0 Å². The van der Waals surface area contributed by atoms with Gasteiger partial charge in [0.15, 0.2) is 11.2 Å². The number of hydrazone groups is 1. The first-order valence-corrected chi connectivity index (χ1v) is 7.74. The third-order valence-electron chi connectivity index (χ3n) is 3.58. The highest BCUT2D eigenvalue weighted by Crippen LogP contribution is 2.15. The minimum atomic E-state index is -0.575. The molecule has 0 atom stereocenters. The standard InChI is InChI=1S/C15H15ClN6O3/c1-21-12-11(13(24)19-15(21)25)22(6-7-23)14(18-12)20-17-8-9-2-4-10(16)5-3-9/h2-5,8,23H,6-7H2,1H3,(H,18,20)(H,19,24,25). The summed E-state index contributed by atoms with van der Waals surface area (Å²) in [6.07, 6.45) is 1.56. The maximum Gasteiger partial charge on any atom is 0.329 e. The van der Waals surface area contributed by atoms with Crippen molar-refractivity contribution in [3.05, 3.63) is 55.7 Å². The van der Waals surface area contributed by atoms with Gasteiger partial charge in [-0.05, 0) is 17.7 Å². The van der Waals surface area contributed by atoms with Crippen molar-refractivity contribution in [1.82, 2.24) is 19.1 Å². The van der Waals surface area contributed by atoms with E-state index in [1.54, 1.807) is 30.5 Å². The van der Waals surface area contributed by atoms with Crippen LogP contribution in [0, 0.1) is 0 Å². The molecule has 9 nitrogen and oxygen atoms in total. The van der Waals surface area contributed by atoms with E-state index in [1.165, 1.54) is 16.2 Å². The molecule has 0 aliphatic rings. The first-order valence-electron chi connectivity index (χ1n) is 7.36. The summed E-state index contributed by atoms with van der Waals surface area (Å²) >= 11 is 5.83. The van der Waals surface area contributed by atoms with Crippen molar-refractivity contribution in [3.8, 4) is 0 Å². The monoisotopic (exact) mass is 362 g/mol. The molecule has 2 heterocycles. The Morgan fingerprint density at radius 1 is 1.36 bits per heavy atom. The summed E-state index contributed by atoms with van der Waals surface area (Å²) in [4.78, 5) is 30.3. The van der Waals surface area contributed by atoms with Crippen molar-refractivity contribution in [2.45, 2.75) is 6.54 Å². The van der Waals surface area contributed by atoms with Gasteiger partial charge in [-0.15, -0.1) is 0 Å². The predicted octanol–water partition coefficient (Wildman–Crippen LogP) is 0.515. The number of benzene rings is 1. The fraction of sp³-hybridized carbons (Fsp3) is 0.200. The molecule has 3 N–H and O–H groups in total. The SMILES string of the molecule is Cn1c(=O)[nH]c(=O)c2c1nc(NN=Cc1ccc(Cl)cc1)n2CCO. The van der Waals surface area contributed by atoms with Gasteiger partial charge in [-0.2, -0.15) is 10.1 Å². The van der Waals surface area contributed by atoms with E-state index in [0.29, 0.717) is 5.02 Å². The molecule has 10 heteroatoms. The zero-order valence-electron chi connectivity index (χ0n) is 13.2. The Hall–Kier alpha value is -2.91. The molecule has 0 spiro atoms. The number of hydrogen-bond donors (Lipinski definition) is 3. The Labute approximate surface area is 146 Å². The molecule has 130 valence electrons. The number of H-pyrrole nitrogens is 1. The Balaban J connectivity index is 2.00. The van der Waals surface area contributed by atoms with Gasteiger partial charge in [-0.1, -0.05) is 23.7 Å². The molecule has 25 heavy (non-hydrogen) atoms. The van der Waals surface area contributed by atoms with Gasteiger partial charge < -0.3 is 9.67 Å². The lowest BCUT2D eigenvalue weighted by molar-refractivity contribution is 0.278. The van der Waals surface area contributed by atoms with Crippen LogP contribution in [0.15, 0.2) is 39.0 Å². The average molecular weight is 363 g/mol. The van der Waals surface area contributed by atoms with Crippen molar-refractivity contribution in [1.29, 1.82) is 0 Å². The lowest BCUT2D eigenvalue weighted by atomic mass is 10.2. The van der Waals surface area contributed by atoms with Crippen LogP contribution in [-0.4, -0.2) is 37.0 Å². The summed E-state index contributed by atoms with van der Waals surface area (Å²) in [5.74, 6) is 0.237. The molecule has 0 amide bonds. The molecule has 0 aliphatic carbocycles. The van der Waals surface area contributed by atoms with Gasteiger partial charge in [0.05, 0.1) is 12.8 Å². The summed E-state index contributed by atoms with van der Waals surface area (Å²) in [5.41, 5.74) is 2.78. The molecule has 0 unspecified atom stereocenters.